The molecule has 0 fully saturated rings. The molecule has 1 aromatic heterocycles. The van der Waals surface area contributed by atoms with Crippen LogP contribution in [-0.2, 0) is 19.5 Å². The van der Waals surface area contributed by atoms with E-state index in [-0.39, 0.29) is 24.0 Å². The van der Waals surface area contributed by atoms with Crippen molar-refractivity contribution in [2.45, 2.75) is 32.9 Å². The van der Waals surface area contributed by atoms with Gasteiger partial charge in [-0.2, -0.15) is 4.98 Å². The number of nitrogens with zero attached hydrogens (tertiary/aromatic N) is 3. The third-order valence-corrected chi connectivity index (χ3v) is 4.39. The molecule has 0 aliphatic heterocycles. The molecule has 0 radical (unpaired) electrons. The van der Waals surface area contributed by atoms with Crippen LogP contribution in [0.15, 0.2) is 58.0 Å². The van der Waals surface area contributed by atoms with Crippen LogP contribution in [0.5, 0.6) is 5.75 Å². The van der Waals surface area contributed by atoms with E-state index in [1.807, 2.05) is 42.5 Å². The molecule has 3 aromatic rings. The maximum Gasteiger partial charge on any atom is 0.257 e. The zero-order chi connectivity index (χ0) is 20.5. The zero-order valence-electron chi connectivity index (χ0n) is 17.5. The number of rotatable bonds is 8. The van der Waals surface area contributed by atoms with Crippen LogP contribution in [0.2, 0.25) is 0 Å². The predicted molar refractivity (Wildman–Crippen MR) is 129 cm³/mol. The van der Waals surface area contributed by atoms with Crippen molar-refractivity contribution in [3.8, 4) is 17.2 Å². The van der Waals surface area contributed by atoms with E-state index in [0.29, 0.717) is 19.0 Å². The van der Waals surface area contributed by atoms with Gasteiger partial charge in [0.2, 0.25) is 0 Å². The summed E-state index contributed by atoms with van der Waals surface area (Å²) in [6.07, 6.45) is 1.81. The van der Waals surface area contributed by atoms with E-state index in [0.717, 1.165) is 47.1 Å². The molecule has 0 atom stereocenters. The zero-order valence-corrected chi connectivity index (χ0v) is 19.8. The Morgan fingerprint density at radius 2 is 1.77 bits per heavy atom. The molecule has 1 heterocycles. The minimum absolute atomic E-state index is 0. The lowest BCUT2D eigenvalue weighted by atomic mass is 10.1. The Morgan fingerprint density at radius 1 is 1.07 bits per heavy atom. The molecule has 0 bridgehead atoms. The van der Waals surface area contributed by atoms with Crippen molar-refractivity contribution >= 4 is 29.9 Å². The summed E-state index contributed by atoms with van der Waals surface area (Å²) >= 11 is 0. The number of aliphatic imine (C=N–C) groups is 1. The molecule has 0 aliphatic carbocycles. The normalized spacial score (nSPS) is 11.0. The highest BCUT2D eigenvalue weighted by Crippen LogP contribution is 2.19. The first kappa shape index (κ1) is 23.7. The van der Waals surface area contributed by atoms with Crippen LogP contribution in [0.1, 0.15) is 30.3 Å². The van der Waals surface area contributed by atoms with Crippen molar-refractivity contribution in [2.24, 2.45) is 4.99 Å². The quantitative estimate of drug-likeness (QED) is 0.263. The van der Waals surface area contributed by atoms with Gasteiger partial charge in [0.1, 0.15) is 5.75 Å². The van der Waals surface area contributed by atoms with Crippen molar-refractivity contribution in [1.82, 2.24) is 20.8 Å². The van der Waals surface area contributed by atoms with Crippen molar-refractivity contribution < 1.29 is 9.26 Å². The van der Waals surface area contributed by atoms with Crippen molar-refractivity contribution in [3.05, 3.63) is 65.5 Å². The van der Waals surface area contributed by atoms with Crippen molar-refractivity contribution in [1.29, 1.82) is 0 Å². The Kier molecular flexibility index (Phi) is 9.59. The van der Waals surface area contributed by atoms with Gasteiger partial charge in [-0.05, 0) is 41.8 Å². The molecule has 0 saturated carbocycles. The molecule has 8 heteroatoms. The fourth-order valence-electron chi connectivity index (χ4n) is 2.89. The van der Waals surface area contributed by atoms with Gasteiger partial charge >= 0.3 is 0 Å². The molecule has 2 aromatic carbocycles. The fourth-order valence-corrected chi connectivity index (χ4v) is 2.89. The summed E-state index contributed by atoms with van der Waals surface area (Å²) in [6, 6.07) is 16.0. The van der Waals surface area contributed by atoms with Gasteiger partial charge in [-0.1, -0.05) is 36.3 Å². The predicted octanol–water partition coefficient (Wildman–Crippen LogP) is 4.18. The van der Waals surface area contributed by atoms with Crippen LogP contribution in [0.3, 0.4) is 0 Å². The Balaban J connectivity index is 0.00000320. The summed E-state index contributed by atoms with van der Waals surface area (Å²) in [4.78, 5) is 8.74. The molecule has 0 spiro atoms. The first-order chi connectivity index (χ1) is 14.2. The number of aryl methyl sites for hydroxylation is 1. The van der Waals surface area contributed by atoms with Crippen LogP contribution in [0.25, 0.3) is 11.5 Å². The smallest absolute Gasteiger partial charge is 0.257 e. The Morgan fingerprint density at radius 3 is 2.43 bits per heavy atom. The highest BCUT2D eigenvalue weighted by Gasteiger charge is 2.09. The van der Waals surface area contributed by atoms with E-state index < -0.39 is 0 Å². The number of ether oxygens (including phenoxy) is 1. The second kappa shape index (κ2) is 12.2. The van der Waals surface area contributed by atoms with Crippen LogP contribution in [0, 0.1) is 0 Å². The van der Waals surface area contributed by atoms with E-state index in [1.54, 1.807) is 14.2 Å². The number of benzene rings is 2. The molecule has 0 aliphatic rings. The van der Waals surface area contributed by atoms with Crippen LogP contribution in [-0.4, -0.2) is 30.3 Å². The molecular weight excluding hydrogens is 493 g/mol. The van der Waals surface area contributed by atoms with Gasteiger partial charge in [0.15, 0.2) is 11.8 Å². The minimum Gasteiger partial charge on any atom is -0.497 e. The largest absolute Gasteiger partial charge is 0.497 e. The fraction of sp³-hybridized carbons (Fsp3) is 0.318. The van der Waals surface area contributed by atoms with E-state index >= 15 is 0 Å². The summed E-state index contributed by atoms with van der Waals surface area (Å²) in [5.74, 6) is 2.86. The molecule has 160 valence electrons. The summed E-state index contributed by atoms with van der Waals surface area (Å²) < 4.78 is 10.6. The van der Waals surface area contributed by atoms with Crippen molar-refractivity contribution in [3.63, 3.8) is 0 Å². The van der Waals surface area contributed by atoms with E-state index in [2.05, 4.69) is 38.8 Å². The maximum atomic E-state index is 5.38. The monoisotopic (exact) mass is 521 g/mol. The van der Waals surface area contributed by atoms with Gasteiger partial charge in [0, 0.05) is 32.1 Å². The average molecular weight is 521 g/mol. The lowest BCUT2D eigenvalue weighted by Crippen LogP contribution is -2.36. The van der Waals surface area contributed by atoms with Gasteiger partial charge in [0.05, 0.1) is 7.11 Å². The second-order valence-corrected chi connectivity index (χ2v) is 6.60. The number of methoxy groups -OCH3 is 1. The van der Waals surface area contributed by atoms with Gasteiger partial charge in [0.25, 0.3) is 5.89 Å². The molecule has 3 rings (SSSR count). The van der Waals surface area contributed by atoms with Gasteiger partial charge in [-0.3, -0.25) is 4.99 Å². The minimum atomic E-state index is 0. The average Bonchev–Trinajstić information content (AvgIpc) is 3.23. The summed E-state index contributed by atoms with van der Waals surface area (Å²) in [5, 5.41) is 10.7. The number of guanidine groups is 1. The number of aromatic nitrogens is 2. The Hall–Kier alpha value is -2.62. The standard InChI is InChI=1S/C22H27N5O2.HI/c1-4-7-20-26-21(29-27-20)18-10-5-8-16(12-18)14-24-22(23-2)25-15-17-9-6-11-19(13-17)28-3;/h5-6,8-13H,4,7,14-15H2,1-3H3,(H2,23,24,25);1H. The van der Waals surface area contributed by atoms with E-state index in [4.69, 9.17) is 9.26 Å². The molecular formula is C22H28IN5O2. The topological polar surface area (TPSA) is 84.6 Å². The molecule has 0 saturated heterocycles. The van der Waals surface area contributed by atoms with Gasteiger partial charge in [-0.15, -0.1) is 24.0 Å². The highest BCUT2D eigenvalue weighted by molar-refractivity contribution is 14.0. The number of halogens is 1. The number of hydrogen-bond acceptors (Lipinski definition) is 5. The van der Waals surface area contributed by atoms with Crippen LogP contribution < -0.4 is 15.4 Å². The summed E-state index contributed by atoms with van der Waals surface area (Å²) in [5.41, 5.74) is 3.13. The van der Waals surface area contributed by atoms with Crippen molar-refractivity contribution in [2.75, 3.05) is 14.2 Å². The Labute approximate surface area is 194 Å². The lowest BCUT2D eigenvalue weighted by Gasteiger charge is -2.13. The first-order valence-corrected chi connectivity index (χ1v) is 9.71. The summed E-state index contributed by atoms with van der Waals surface area (Å²) in [7, 11) is 3.42. The molecule has 7 nitrogen and oxygen atoms in total. The number of hydrogen-bond donors (Lipinski definition) is 2. The maximum absolute atomic E-state index is 5.38. The number of nitrogens with one attached hydrogen (secondary N) is 2. The van der Waals surface area contributed by atoms with Gasteiger partial charge in [-0.25, -0.2) is 0 Å². The van der Waals surface area contributed by atoms with Crippen LogP contribution >= 0.6 is 24.0 Å². The van der Waals surface area contributed by atoms with E-state index in [1.165, 1.54) is 0 Å². The van der Waals surface area contributed by atoms with Gasteiger partial charge < -0.3 is 19.9 Å². The highest BCUT2D eigenvalue weighted by atomic mass is 127. The van der Waals surface area contributed by atoms with E-state index in [9.17, 15) is 0 Å². The summed E-state index contributed by atoms with van der Waals surface area (Å²) in [6.45, 7) is 3.37. The molecule has 0 unspecified atom stereocenters. The lowest BCUT2D eigenvalue weighted by molar-refractivity contribution is 0.414. The molecule has 0 amide bonds. The Bertz CT molecular complexity index is 958. The second-order valence-electron chi connectivity index (χ2n) is 6.60. The SMILES string of the molecule is CCCc1noc(-c2cccc(CNC(=NC)NCc3cccc(OC)c3)c2)n1.I. The third kappa shape index (κ3) is 6.72. The molecule has 2 N–H and O–H groups in total. The molecule has 30 heavy (non-hydrogen) atoms. The third-order valence-electron chi connectivity index (χ3n) is 4.39. The van der Waals surface area contributed by atoms with Crippen LogP contribution in [0.4, 0.5) is 0 Å². The first-order valence-electron chi connectivity index (χ1n) is 9.71.